The minimum Gasteiger partial charge on any atom is -0.740 e. The number of benzene rings is 1. The van der Waals surface area contributed by atoms with Gasteiger partial charge in [-0.2, -0.15) is 0 Å². The number of hydrogen-bond donors (Lipinski definition) is 1. The third-order valence-corrected chi connectivity index (χ3v) is 2.15. The molecule has 0 saturated heterocycles. The smallest absolute Gasteiger partial charge is 0.324 e. The van der Waals surface area contributed by atoms with Crippen molar-refractivity contribution >= 4 is 15.4 Å². The topological polar surface area (TPSA) is 86.3 Å². The van der Waals surface area contributed by atoms with Crippen molar-refractivity contribution < 1.29 is 22.2 Å². The average Bonchev–Trinajstić information content (AvgIpc) is 2.12. The Kier molecular flexibility index (Phi) is 3.38. The SMILES string of the molecule is O=C(NCc1cccc(F)c1)S(=O)(=O)[O-]. The fourth-order valence-electron chi connectivity index (χ4n) is 0.910. The molecule has 1 N–H and O–H groups in total. The Morgan fingerprint density at radius 1 is 1.47 bits per heavy atom. The van der Waals surface area contributed by atoms with Crippen molar-refractivity contribution in [3.05, 3.63) is 35.6 Å². The molecule has 0 aromatic heterocycles. The summed E-state index contributed by atoms with van der Waals surface area (Å²) in [6.45, 7) is -0.210. The first-order valence-corrected chi connectivity index (χ1v) is 5.28. The van der Waals surface area contributed by atoms with Crippen LogP contribution in [0.25, 0.3) is 0 Å². The lowest BCUT2D eigenvalue weighted by atomic mass is 10.2. The number of halogens is 1. The molecule has 0 aliphatic heterocycles. The zero-order chi connectivity index (χ0) is 11.5. The second-order valence-corrected chi connectivity index (χ2v) is 4.00. The van der Waals surface area contributed by atoms with Gasteiger partial charge in [-0.1, -0.05) is 12.1 Å². The van der Waals surface area contributed by atoms with Crippen molar-refractivity contribution in [3.8, 4) is 0 Å². The molecular formula is C8H7FNO4S-. The van der Waals surface area contributed by atoms with Gasteiger partial charge in [-0.25, -0.2) is 12.8 Å². The summed E-state index contributed by atoms with van der Waals surface area (Å²) < 4.78 is 43.2. The van der Waals surface area contributed by atoms with Crippen LogP contribution in [0.5, 0.6) is 0 Å². The number of hydrogen-bond acceptors (Lipinski definition) is 4. The number of rotatable bonds is 2. The van der Waals surface area contributed by atoms with Gasteiger partial charge in [-0.3, -0.25) is 4.79 Å². The summed E-state index contributed by atoms with van der Waals surface area (Å²) >= 11 is 0. The van der Waals surface area contributed by atoms with E-state index in [2.05, 4.69) is 0 Å². The highest BCUT2D eigenvalue weighted by Crippen LogP contribution is 2.03. The van der Waals surface area contributed by atoms with Gasteiger partial charge in [0.15, 0.2) is 10.1 Å². The first-order valence-electron chi connectivity index (χ1n) is 3.88. The highest BCUT2D eigenvalue weighted by atomic mass is 32.2. The summed E-state index contributed by atoms with van der Waals surface area (Å²) in [5.41, 5.74) is 0.368. The van der Waals surface area contributed by atoms with E-state index in [-0.39, 0.29) is 6.54 Å². The Morgan fingerprint density at radius 3 is 2.67 bits per heavy atom. The summed E-state index contributed by atoms with van der Waals surface area (Å²) in [4.78, 5) is 10.6. The maximum atomic E-state index is 12.6. The fourth-order valence-corrected chi connectivity index (χ4v) is 1.16. The van der Waals surface area contributed by atoms with Gasteiger partial charge in [0.05, 0.1) is 0 Å². The Balaban J connectivity index is 2.62. The molecule has 1 aromatic rings. The van der Waals surface area contributed by atoms with E-state index in [4.69, 9.17) is 0 Å². The van der Waals surface area contributed by atoms with E-state index in [1.165, 1.54) is 18.2 Å². The summed E-state index contributed by atoms with van der Waals surface area (Å²) in [5.74, 6) is -0.508. The predicted octanol–water partition coefficient (Wildman–Crippen LogP) is 0.581. The Morgan fingerprint density at radius 2 is 2.13 bits per heavy atom. The quantitative estimate of drug-likeness (QED) is 0.755. The molecule has 0 radical (unpaired) electrons. The lowest BCUT2D eigenvalue weighted by Gasteiger charge is -2.07. The Bertz CT molecular complexity index is 471. The summed E-state index contributed by atoms with van der Waals surface area (Å²) in [6, 6.07) is 5.22. The largest absolute Gasteiger partial charge is 0.740 e. The highest BCUT2D eigenvalue weighted by Gasteiger charge is 2.08. The summed E-state index contributed by atoms with van der Waals surface area (Å²) in [7, 11) is -4.98. The molecule has 0 fully saturated rings. The third kappa shape index (κ3) is 3.64. The molecule has 1 rings (SSSR count). The molecular weight excluding hydrogens is 225 g/mol. The van der Waals surface area contributed by atoms with Crippen LogP contribution in [0.1, 0.15) is 5.56 Å². The molecule has 0 saturated carbocycles. The van der Waals surface area contributed by atoms with E-state index in [0.29, 0.717) is 5.56 Å². The number of amides is 1. The van der Waals surface area contributed by atoms with E-state index in [1.807, 2.05) is 5.32 Å². The van der Waals surface area contributed by atoms with E-state index >= 15 is 0 Å². The third-order valence-electron chi connectivity index (χ3n) is 1.55. The molecule has 0 spiro atoms. The van der Waals surface area contributed by atoms with Gasteiger partial charge in [-0.15, -0.1) is 0 Å². The van der Waals surface area contributed by atoms with Gasteiger partial charge in [-0.05, 0) is 17.7 Å². The Hall–Kier alpha value is -1.47. The molecule has 0 aliphatic carbocycles. The molecule has 0 unspecified atom stereocenters. The van der Waals surface area contributed by atoms with Crippen LogP contribution in [-0.4, -0.2) is 18.2 Å². The maximum Gasteiger partial charge on any atom is 0.324 e. The predicted molar refractivity (Wildman–Crippen MR) is 48.3 cm³/mol. The molecule has 7 heteroatoms. The summed E-state index contributed by atoms with van der Waals surface area (Å²) in [6.07, 6.45) is 0. The normalized spacial score (nSPS) is 11.1. The molecule has 1 amide bonds. The van der Waals surface area contributed by atoms with Gasteiger partial charge < -0.3 is 9.87 Å². The highest BCUT2D eigenvalue weighted by molar-refractivity contribution is 8.01. The molecule has 0 atom stereocenters. The monoisotopic (exact) mass is 232 g/mol. The van der Waals surface area contributed by atoms with Gasteiger partial charge in [0.25, 0.3) is 0 Å². The standard InChI is InChI=1S/C8H8FNO4S/c9-7-3-1-2-6(4-7)5-10-8(11)15(12,13)14/h1-4H,5H2,(H,10,11)(H,12,13,14)/p-1. The number of nitrogens with one attached hydrogen (secondary N) is 1. The van der Waals surface area contributed by atoms with Crippen LogP contribution in [0.2, 0.25) is 0 Å². The lowest BCUT2D eigenvalue weighted by Crippen LogP contribution is -2.28. The second-order valence-electron chi connectivity index (χ2n) is 2.73. The average molecular weight is 232 g/mol. The van der Waals surface area contributed by atoms with Crippen molar-refractivity contribution in [3.63, 3.8) is 0 Å². The molecule has 0 bridgehead atoms. The van der Waals surface area contributed by atoms with Crippen molar-refractivity contribution in [2.24, 2.45) is 0 Å². The molecule has 1 aromatic carbocycles. The molecule has 5 nitrogen and oxygen atoms in total. The maximum absolute atomic E-state index is 12.6. The first-order chi connectivity index (χ1) is 6.89. The number of carbonyl (C=O) groups excluding carboxylic acids is 1. The van der Waals surface area contributed by atoms with Crippen molar-refractivity contribution in [1.82, 2.24) is 5.32 Å². The van der Waals surface area contributed by atoms with E-state index < -0.39 is 21.2 Å². The van der Waals surface area contributed by atoms with Gasteiger partial charge >= 0.3 is 5.24 Å². The van der Waals surface area contributed by atoms with Crippen LogP contribution in [0.4, 0.5) is 9.18 Å². The Labute approximate surface area is 85.7 Å². The van der Waals surface area contributed by atoms with Crippen molar-refractivity contribution in [2.45, 2.75) is 6.54 Å². The molecule has 15 heavy (non-hydrogen) atoms. The van der Waals surface area contributed by atoms with E-state index in [1.54, 1.807) is 0 Å². The molecule has 0 aliphatic rings. The van der Waals surface area contributed by atoms with E-state index in [9.17, 15) is 22.2 Å². The first kappa shape index (κ1) is 11.6. The van der Waals surface area contributed by atoms with Crippen LogP contribution in [0, 0.1) is 5.82 Å². The minimum atomic E-state index is -4.98. The molecule has 82 valence electrons. The summed E-state index contributed by atoms with van der Waals surface area (Å²) in [5, 5.41) is 0.241. The van der Waals surface area contributed by atoms with Gasteiger partial charge in [0, 0.05) is 6.54 Å². The minimum absolute atomic E-state index is 0.210. The van der Waals surface area contributed by atoms with Gasteiger partial charge in [0.2, 0.25) is 0 Å². The van der Waals surface area contributed by atoms with Gasteiger partial charge in [0.1, 0.15) is 5.82 Å². The number of carbonyl (C=O) groups is 1. The zero-order valence-corrected chi connectivity index (χ0v) is 8.25. The van der Waals surface area contributed by atoms with Crippen LogP contribution < -0.4 is 5.32 Å². The van der Waals surface area contributed by atoms with Crippen LogP contribution in [0.3, 0.4) is 0 Å². The van der Waals surface area contributed by atoms with Crippen molar-refractivity contribution in [2.75, 3.05) is 0 Å². The lowest BCUT2D eigenvalue weighted by molar-refractivity contribution is 0.255. The fraction of sp³-hybridized carbons (Fsp3) is 0.125. The van der Waals surface area contributed by atoms with Crippen LogP contribution in [0.15, 0.2) is 24.3 Å². The van der Waals surface area contributed by atoms with E-state index in [0.717, 1.165) is 6.07 Å². The second kappa shape index (κ2) is 4.37. The van der Waals surface area contributed by atoms with Crippen LogP contribution in [-0.2, 0) is 16.7 Å². The van der Waals surface area contributed by atoms with Crippen molar-refractivity contribution in [1.29, 1.82) is 0 Å². The molecule has 0 heterocycles. The van der Waals surface area contributed by atoms with Crippen LogP contribution >= 0.6 is 0 Å². The zero-order valence-electron chi connectivity index (χ0n) is 7.44.